The minimum Gasteiger partial charge on any atom is -0.359 e. The highest BCUT2D eigenvalue weighted by Crippen LogP contribution is 2.24. The third-order valence-electron chi connectivity index (χ3n) is 2.61. The lowest BCUT2D eigenvalue weighted by Crippen LogP contribution is -2.14. The number of rotatable bonds is 2. The molecule has 0 fully saturated rings. The zero-order valence-electron chi connectivity index (χ0n) is 11.0. The molecule has 0 atom stereocenters. The van der Waals surface area contributed by atoms with E-state index in [-0.39, 0.29) is 16.8 Å². The number of halogens is 1. The molecule has 0 aliphatic rings. The predicted molar refractivity (Wildman–Crippen MR) is 69.6 cm³/mol. The fourth-order valence-electron chi connectivity index (χ4n) is 1.52. The van der Waals surface area contributed by atoms with Crippen LogP contribution in [-0.4, -0.2) is 11.1 Å². The Morgan fingerprint density at radius 3 is 2.58 bits per heavy atom. The van der Waals surface area contributed by atoms with Crippen molar-refractivity contribution in [1.82, 2.24) is 5.16 Å². The smallest absolute Gasteiger partial charge is 0.259 e. The second-order valence-electron chi connectivity index (χ2n) is 5.26. The molecule has 100 valence electrons. The van der Waals surface area contributed by atoms with Crippen LogP contribution in [0.2, 0.25) is 0 Å². The summed E-state index contributed by atoms with van der Waals surface area (Å²) in [4.78, 5) is 11.9. The predicted octanol–water partition coefficient (Wildman–Crippen LogP) is 3.36. The molecular formula is C14H15FN2O2. The molecule has 0 saturated heterocycles. The monoisotopic (exact) mass is 262 g/mol. The first-order valence-corrected chi connectivity index (χ1v) is 5.91. The SMILES string of the molecule is CC(C)(C)c1cc(NC(=O)c2ccccc2F)no1. The van der Waals surface area contributed by atoms with E-state index in [0.717, 1.165) is 0 Å². The number of anilines is 1. The van der Waals surface area contributed by atoms with Crippen LogP contribution < -0.4 is 5.32 Å². The normalized spacial score (nSPS) is 11.4. The summed E-state index contributed by atoms with van der Waals surface area (Å²) in [6.07, 6.45) is 0. The molecule has 0 aliphatic carbocycles. The van der Waals surface area contributed by atoms with Crippen LogP contribution in [0.3, 0.4) is 0 Å². The van der Waals surface area contributed by atoms with Crippen molar-refractivity contribution in [1.29, 1.82) is 0 Å². The van der Waals surface area contributed by atoms with Gasteiger partial charge >= 0.3 is 0 Å². The van der Waals surface area contributed by atoms with Gasteiger partial charge in [0.2, 0.25) is 0 Å². The highest BCUT2D eigenvalue weighted by Gasteiger charge is 2.21. The Morgan fingerprint density at radius 2 is 2.00 bits per heavy atom. The van der Waals surface area contributed by atoms with Gasteiger partial charge in [0.25, 0.3) is 5.91 Å². The molecule has 0 unspecified atom stereocenters. The van der Waals surface area contributed by atoms with Gasteiger partial charge in [-0.15, -0.1) is 0 Å². The first kappa shape index (κ1) is 13.3. The highest BCUT2D eigenvalue weighted by atomic mass is 19.1. The fraction of sp³-hybridized carbons (Fsp3) is 0.286. The molecule has 0 spiro atoms. The van der Waals surface area contributed by atoms with E-state index in [1.165, 1.54) is 18.2 Å². The van der Waals surface area contributed by atoms with E-state index < -0.39 is 11.7 Å². The Morgan fingerprint density at radius 1 is 1.32 bits per heavy atom. The van der Waals surface area contributed by atoms with Gasteiger partial charge < -0.3 is 9.84 Å². The van der Waals surface area contributed by atoms with Crippen molar-refractivity contribution in [2.75, 3.05) is 5.32 Å². The number of carbonyl (C=O) groups is 1. The average Bonchev–Trinajstić information content (AvgIpc) is 2.77. The minimum atomic E-state index is -0.570. The van der Waals surface area contributed by atoms with E-state index in [4.69, 9.17) is 4.52 Å². The van der Waals surface area contributed by atoms with Gasteiger partial charge in [-0.25, -0.2) is 4.39 Å². The van der Waals surface area contributed by atoms with E-state index in [0.29, 0.717) is 5.76 Å². The third kappa shape index (κ3) is 2.99. The Kier molecular flexibility index (Phi) is 3.38. The number of nitrogens with one attached hydrogen (secondary N) is 1. The van der Waals surface area contributed by atoms with Crippen molar-refractivity contribution in [3.63, 3.8) is 0 Å². The van der Waals surface area contributed by atoms with E-state index >= 15 is 0 Å². The van der Waals surface area contributed by atoms with Gasteiger partial charge in [-0.1, -0.05) is 38.1 Å². The maximum atomic E-state index is 13.4. The molecule has 4 nitrogen and oxygen atoms in total. The fourth-order valence-corrected chi connectivity index (χ4v) is 1.52. The van der Waals surface area contributed by atoms with Crippen molar-refractivity contribution in [2.45, 2.75) is 26.2 Å². The molecule has 5 heteroatoms. The molecule has 1 amide bonds. The lowest BCUT2D eigenvalue weighted by Gasteiger charge is -2.12. The maximum Gasteiger partial charge on any atom is 0.259 e. The first-order chi connectivity index (χ1) is 8.88. The molecule has 0 radical (unpaired) electrons. The molecule has 19 heavy (non-hydrogen) atoms. The molecule has 0 aliphatic heterocycles. The van der Waals surface area contributed by atoms with Crippen molar-refractivity contribution in [3.05, 3.63) is 47.5 Å². The van der Waals surface area contributed by atoms with Crippen LogP contribution in [0.15, 0.2) is 34.9 Å². The van der Waals surface area contributed by atoms with Crippen molar-refractivity contribution >= 4 is 11.7 Å². The number of carbonyl (C=O) groups excluding carboxylic acids is 1. The molecule has 2 aromatic rings. The molecule has 0 saturated carbocycles. The Balaban J connectivity index is 2.16. The van der Waals surface area contributed by atoms with Gasteiger partial charge in [0.05, 0.1) is 5.56 Å². The number of benzene rings is 1. The summed E-state index contributed by atoms with van der Waals surface area (Å²) in [5, 5.41) is 6.26. The summed E-state index contributed by atoms with van der Waals surface area (Å²) in [5.74, 6) is -0.194. The molecular weight excluding hydrogens is 247 g/mol. The first-order valence-electron chi connectivity index (χ1n) is 5.91. The average molecular weight is 262 g/mol. The molecule has 1 N–H and O–H groups in total. The highest BCUT2D eigenvalue weighted by molar-refractivity contribution is 6.03. The molecule has 1 heterocycles. The largest absolute Gasteiger partial charge is 0.359 e. The van der Waals surface area contributed by atoms with Crippen LogP contribution in [-0.2, 0) is 5.41 Å². The van der Waals surface area contributed by atoms with E-state index in [9.17, 15) is 9.18 Å². The van der Waals surface area contributed by atoms with Crippen LogP contribution in [0.25, 0.3) is 0 Å². The number of hydrogen-bond donors (Lipinski definition) is 1. The Bertz CT molecular complexity index is 599. The summed E-state index contributed by atoms with van der Waals surface area (Å²) in [6.45, 7) is 5.90. The lowest BCUT2D eigenvalue weighted by atomic mass is 9.93. The van der Waals surface area contributed by atoms with Crippen LogP contribution in [0, 0.1) is 5.82 Å². The second kappa shape index (κ2) is 4.84. The van der Waals surface area contributed by atoms with Crippen LogP contribution >= 0.6 is 0 Å². The number of nitrogens with zero attached hydrogens (tertiary/aromatic N) is 1. The zero-order valence-corrected chi connectivity index (χ0v) is 11.0. The van der Waals surface area contributed by atoms with Crippen LogP contribution in [0.5, 0.6) is 0 Å². The van der Waals surface area contributed by atoms with E-state index in [2.05, 4.69) is 10.5 Å². The van der Waals surface area contributed by atoms with E-state index in [1.54, 1.807) is 12.1 Å². The number of aromatic nitrogens is 1. The molecule has 0 bridgehead atoms. The summed E-state index contributed by atoms with van der Waals surface area (Å²) in [7, 11) is 0. The number of amides is 1. The lowest BCUT2D eigenvalue weighted by molar-refractivity contribution is 0.102. The molecule has 1 aromatic carbocycles. The van der Waals surface area contributed by atoms with Gasteiger partial charge in [-0.05, 0) is 12.1 Å². The van der Waals surface area contributed by atoms with Crippen molar-refractivity contribution in [2.24, 2.45) is 0 Å². The van der Waals surface area contributed by atoms with E-state index in [1.807, 2.05) is 20.8 Å². The van der Waals surface area contributed by atoms with Gasteiger partial charge in [0.1, 0.15) is 11.6 Å². The summed E-state index contributed by atoms with van der Waals surface area (Å²) in [5.41, 5.74) is -0.226. The summed E-state index contributed by atoms with van der Waals surface area (Å²) >= 11 is 0. The van der Waals surface area contributed by atoms with Crippen molar-refractivity contribution < 1.29 is 13.7 Å². The van der Waals surface area contributed by atoms with Crippen LogP contribution in [0.1, 0.15) is 36.9 Å². The number of hydrogen-bond acceptors (Lipinski definition) is 3. The topological polar surface area (TPSA) is 55.1 Å². The van der Waals surface area contributed by atoms with Gasteiger partial charge in [-0.2, -0.15) is 0 Å². The van der Waals surface area contributed by atoms with Gasteiger partial charge in [0, 0.05) is 11.5 Å². The molecule has 2 rings (SSSR count). The Labute approximate surface area is 110 Å². The second-order valence-corrected chi connectivity index (χ2v) is 5.26. The quantitative estimate of drug-likeness (QED) is 0.902. The zero-order chi connectivity index (χ0) is 14.0. The summed E-state index contributed by atoms with van der Waals surface area (Å²) < 4.78 is 18.6. The van der Waals surface area contributed by atoms with Crippen molar-refractivity contribution in [3.8, 4) is 0 Å². The maximum absolute atomic E-state index is 13.4. The van der Waals surface area contributed by atoms with Gasteiger partial charge in [-0.3, -0.25) is 4.79 Å². The Hall–Kier alpha value is -2.17. The summed E-state index contributed by atoms with van der Waals surface area (Å²) in [6, 6.07) is 7.41. The molecule has 1 aromatic heterocycles. The third-order valence-corrected chi connectivity index (χ3v) is 2.61. The minimum absolute atomic E-state index is 0.0252. The van der Waals surface area contributed by atoms with Gasteiger partial charge in [0.15, 0.2) is 5.82 Å². The van der Waals surface area contributed by atoms with Crippen LogP contribution in [0.4, 0.5) is 10.2 Å². The standard InChI is InChI=1S/C14H15FN2O2/c1-14(2,3)11-8-12(17-19-11)16-13(18)9-6-4-5-7-10(9)15/h4-8H,1-3H3,(H,16,17,18).